The van der Waals surface area contributed by atoms with Crippen molar-refractivity contribution in [3.63, 3.8) is 0 Å². The van der Waals surface area contributed by atoms with E-state index in [0.717, 1.165) is 52.3 Å². The van der Waals surface area contributed by atoms with Gasteiger partial charge in [-0.1, -0.05) is 38.1 Å². The van der Waals surface area contributed by atoms with Crippen LogP contribution in [0.1, 0.15) is 52.9 Å². The van der Waals surface area contributed by atoms with E-state index in [1.165, 1.54) is 6.07 Å². The third-order valence-electron chi connectivity index (χ3n) is 8.08. The van der Waals surface area contributed by atoms with Gasteiger partial charge >= 0.3 is 6.18 Å². The summed E-state index contributed by atoms with van der Waals surface area (Å²) in [5.74, 6) is -2.54. The number of halogens is 5. The van der Waals surface area contributed by atoms with E-state index in [2.05, 4.69) is 10.2 Å². The Morgan fingerprint density at radius 1 is 1.00 bits per heavy atom. The number of aryl methyl sites for hydroxylation is 3. The second kappa shape index (κ2) is 12.5. The van der Waals surface area contributed by atoms with Crippen molar-refractivity contribution in [2.45, 2.75) is 59.3 Å². The van der Waals surface area contributed by atoms with Crippen molar-refractivity contribution >= 4 is 11.6 Å². The predicted molar refractivity (Wildman–Crippen MR) is 157 cm³/mol. The van der Waals surface area contributed by atoms with Crippen LogP contribution in [0.5, 0.6) is 0 Å². The lowest BCUT2D eigenvalue weighted by Crippen LogP contribution is -2.30. The minimum Gasteiger partial charge on any atom is -0.387 e. The maximum Gasteiger partial charge on any atom is 0.416 e. The van der Waals surface area contributed by atoms with Crippen LogP contribution in [0.2, 0.25) is 0 Å². The Bertz CT molecular complexity index is 1690. The minimum absolute atomic E-state index is 0.0428. The van der Waals surface area contributed by atoms with Crippen molar-refractivity contribution in [3.05, 3.63) is 99.2 Å². The number of benzene rings is 3. The lowest BCUT2D eigenvalue weighted by molar-refractivity contribution is -0.137. The van der Waals surface area contributed by atoms with E-state index in [0.29, 0.717) is 55.7 Å². The fourth-order valence-electron chi connectivity index (χ4n) is 5.79. The number of aliphatic hydroxyl groups excluding tert-OH is 1. The number of nitrogens with one attached hydrogen (secondary N) is 1. The molecular formula is C33H33F5N4O2. The van der Waals surface area contributed by atoms with Crippen LogP contribution in [-0.2, 0) is 43.3 Å². The topological polar surface area (TPSA) is 70.4 Å². The molecule has 3 aromatic carbocycles. The molecule has 1 aliphatic rings. The maximum atomic E-state index is 15.9. The average molecular weight is 613 g/mol. The largest absolute Gasteiger partial charge is 0.416 e. The van der Waals surface area contributed by atoms with Crippen LogP contribution in [0.25, 0.3) is 16.9 Å². The normalized spacial score (nSPS) is 13.7. The summed E-state index contributed by atoms with van der Waals surface area (Å²) in [6.07, 6.45) is -2.58. The Balaban J connectivity index is 1.63. The van der Waals surface area contributed by atoms with Crippen LogP contribution < -0.4 is 5.32 Å². The fraction of sp³-hybridized carbons (Fsp3) is 0.333. The quantitative estimate of drug-likeness (QED) is 0.216. The van der Waals surface area contributed by atoms with E-state index in [1.807, 2.05) is 32.0 Å². The first-order valence-electron chi connectivity index (χ1n) is 14.5. The van der Waals surface area contributed by atoms with Gasteiger partial charge in [-0.05, 0) is 60.2 Å². The smallest absolute Gasteiger partial charge is 0.387 e. The monoisotopic (exact) mass is 612 g/mol. The zero-order valence-electron chi connectivity index (χ0n) is 24.7. The van der Waals surface area contributed by atoms with Gasteiger partial charge < -0.3 is 10.4 Å². The van der Waals surface area contributed by atoms with E-state index in [4.69, 9.17) is 10.2 Å². The number of carbonyl (C=O) groups excluding carboxylic acids is 1. The molecule has 0 spiro atoms. The summed E-state index contributed by atoms with van der Waals surface area (Å²) in [7, 11) is 0. The van der Waals surface area contributed by atoms with Gasteiger partial charge in [-0.3, -0.25) is 9.69 Å². The summed E-state index contributed by atoms with van der Waals surface area (Å²) in [6.45, 7) is 6.02. The van der Waals surface area contributed by atoms with Crippen molar-refractivity contribution in [1.29, 1.82) is 0 Å². The molecule has 1 aromatic heterocycles. The highest BCUT2D eigenvalue weighted by molar-refractivity contribution is 5.92. The second-order valence-electron chi connectivity index (χ2n) is 10.9. The second-order valence-corrected chi connectivity index (χ2v) is 10.9. The van der Waals surface area contributed by atoms with E-state index in [1.54, 1.807) is 11.6 Å². The number of nitrogens with zero attached hydrogens (tertiary/aromatic N) is 3. The van der Waals surface area contributed by atoms with E-state index in [-0.39, 0.29) is 5.56 Å². The molecule has 0 saturated heterocycles. The molecule has 0 fully saturated rings. The standard InChI is InChI=1S/C33H33F5N4O2/c1-4-20-7-6-8-21(5-2)31(20)42-32(24-14-27(35)29(15-26(24)34)39-30(44)18-43)25-17-41(12-11-28(25)40-42)16-22-9-10-23(13-19(22)3)33(36,37)38/h6-10,13-15,43H,4-5,11-12,16-18H2,1-3H3,(H,39,44). The Morgan fingerprint density at radius 2 is 1.70 bits per heavy atom. The number of aromatic nitrogens is 2. The van der Waals surface area contributed by atoms with Gasteiger partial charge in [0.1, 0.15) is 18.2 Å². The molecule has 2 N–H and O–H groups in total. The Kier molecular flexibility index (Phi) is 8.90. The van der Waals surface area contributed by atoms with E-state index < -0.39 is 41.6 Å². The van der Waals surface area contributed by atoms with Gasteiger partial charge in [0.15, 0.2) is 0 Å². The molecule has 1 aliphatic heterocycles. The number of fused-ring (bicyclic) bond motifs is 1. The van der Waals surface area contributed by atoms with Gasteiger partial charge in [-0.2, -0.15) is 18.3 Å². The molecule has 0 bridgehead atoms. The molecular weight excluding hydrogens is 579 g/mol. The SMILES string of the molecule is CCc1cccc(CC)c1-n1nc2c(c1-c1cc(F)c(NC(=O)CO)cc1F)CN(Cc1ccc(C(F)(F)F)cc1C)CC2. The maximum absolute atomic E-state index is 15.9. The molecule has 0 saturated carbocycles. The number of amides is 1. The Hall–Kier alpha value is -4.09. The lowest BCUT2D eigenvalue weighted by atomic mass is 9.97. The summed E-state index contributed by atoms with van der Waals surface area (Å²) >= 11 is 0. The average Bonchev–Trinajstić information content (AvgIpc) is 3.36. The number of alkyl halides is 3. The molecule has 2 heterocycles. The number of aliphatic hydroxyl groups is 1. The van der Waals surface area contributed by atoms with Crippen molar-refractivity contribution in [3.8, 4) is 16.9 Å². The van der Waals surface area contributed by atoms with Crippen molar-refractivity contribution in [2.75, 3.05) is 18.5 Å². The lowest BCUT2D eigenvalue weighted by Gasteiger charge is -2.28. The number of para-hydroxylation sites is 1. The van der Waals surface area contributed by atoms with Crippen LogP contribution in [0.4, 0.5) is 27.6 Å². The molecule has 0 radical (unpaired) electrons. The summed E-state index contributed by atoms with van der Waals surface area (Å²) < 4.78 is 72.6. The van der Waals surface area contributed by atoms with Crippen LogP contribution in [0.15, 0.2) is 48.5 Å². The predicted octanol–water partition coefficient (Wildman–Crippen LogP) is 6.76. The highest BCUT2D eigenvalue weighted by Gasteiger charge is 2.32. The summed E-state index contributed by atoms with van der Waals surface area (Å²) in [4.78, 5) is 13.7. The number of hydrogen-bond acceptors (Lipinski definition) is 4. The van der Waals surface area contributed by atoms with Crippen LogP contribution in [0.3, 0.4) is 0 Å². The molecule has 0 atom stereocenters. The molecule has 11 heteroatoms. The fourth-order valence-corrected chi connectivity index (χ4v) is 5.79. The first-order chi connectivity index (χ1) is 20.9. The van der Waals surface area contributed by atoms with Gasteiger partial charge in [-0.15, -0.1) is 0 Å². The molecule has 0 aliphatic carbocycles. The zero-order valence-corrected chi connectivity index (χ0v) is 24.7. The highest BCUT2D eigenvalue weighted by Crippen LogP contribution is 2.38. The summed E-state index contributed by atoms with van der Waals surface area (Å²) in [5.41, 5.74) is 4.66. The first kappa shape index (κ1) is 31.3. The van der Waals surface area contributed by atoms with Gasteiger partial charge in [-0.25, -0.2) is 13.5 Å². The summed E-state index contributed by atoms with van der Waals surface area (Å²) in [5, 5.41) is 16.2. The zero-order chi connectivity index (χ0) is 31.8. The van der Waals surface area contributed by atoms with Gasteiger partial charge in [0.05, 0.1) is 28.3 Å². The number of rotatable bonds is 8. The number of carbonyl (C=O) groups is 1. The molecule has 232 valence electrons. The molecule has 1 amide bonds. The van der Waals surface area contributed by atoms with Crippen LogP contribution >= 0.6 is 0 Å². The molecule has 0 unspecified atom stereocenters. The Morgan fingerprint density at radius 3 is 2.32 bits per heavy atom. The summed E-state index contributed by atoms with van der Waals surface area (Å²) in [6, 6.07) is 11.5. The number of anilines is 1. The number of hydrogen-bond donors (Lipinski definition) is 2. The van der Waals surface area contributed by atoms with E-state index in [9.17, 15) is 18.0 Å². The van der Waals surface area contributed by atoms with Crippen molar-refractivity contribution in [2.24, 2.45) is 0 Å². The first-order valence-corrected chi connectivity index (χ1v) is 14.5. The molecule has 4 aromatic rings. The van der Waals surface area contributed by atoms with Crippen molar-refractivity contribution < 1.29 is 31.9 Å². The van der Waals surface area contributed by atoms with Crippen LogP contribution in [-0.4, -0.2) is 38.8 Å². The molecule has 44 heavy (non-hydrogen) atoms. The molecule has 5 rings (SSSR count). The third kappa shape index (κ3) is 6.11. The van der Waals surface area contributed by atoms with Gasteiger partial charge in [0.25, 0.3) is 0 Å². The van der Waals surface area contributed by atoms with Gasteiger partial charge in [0, 0.05) is 43.2 Å². The minimum atomic E-state index is -4.44. The van der Waals surface area contributed by atoms with Crippen molar-refractivity contribution in [1.82, 2.24) is 14.7 Å². The molecule has 6 nitrogen and oxygen atoms in total. The van der Waals surface area contributed by atoms with Gasteiger partial charge in [0.2, 0.25) is 5.91 Å². The van der Waals surface area contributed by atoms with Crippen LogP contribution in [0, 0.1) is 18.6 Å². The highest BCUT2D eigenvalue weighted by atomic mass is 19.4. The Labute approximate surface area is 252 Å². The third-order valence-corrected chi connectivity index (χ3v) is 8.08. The van der Waals surface area contributed by atoms with E-state index >= 15 is 8.78 Å².